The summed E-state index contributed by atoms with van der Waals surface area (Å²) in [6.45, 7) is 0. The van der Waals surface area contributed by atoms with Crippen molar-refractivity contribution < 1.29 is 14.8 Å². The third-order valence-corrected chi connectivity index (χ3v) is 3.45. The van der Waals surface area contributed by atoms with Gasteiger partial charge in [0.05, 0.1) is 4.92 Å². The van der Waals surface area contributed by atoms with Crippen LogP contribution in [0.3, 0.4) is 0 Å². The van der Waals surface area contributed by atoms with Gasteiger partial charge in [0, 0.05) is 24.1 Å². The van der Waals surface area contributed by atoms with Gasteiger partial charge in [0.15, 0.2) is 0 Å². The molecule has 5 heteroatoms. The summed E-state index contributed by atoms with van der Waals surface area (Å²) < 4.78 is 0. The van der Waals surface area contributed by atoms with Gasteiger partial charge >= 0.3 is 5.97 Å². The van der Waals surface area contributed by atoms with Crippen LogP contribution in [0.4, 0.5) is 5.69 Å². The second kappa shape index (κ2) is 5.65. The molecule has 0 saturated heterocycles. The van der Waals surface area contributed by atoms with Crippen LogP contribution < -0.4 is 0 Å². The lowest BCUT2D eigenvalue weighted by Gasteiger charge is -2.25. The first-order valence-electron chi connectivity index (χ1n) is 6.25. The molecule has 1 aliphatic rings. The fourth-order valence-corrected chi connectivity index (χ4v) is 2.60. The molecule has 0 radical (unpaired) electrons. The smallest absolute Gasteiger partial charge is 0.328 e. The Morgan fingerprint density at radius 3 is 2.89 bits per heavy atom. The number of benzene rings is 1. The van der Waals surface area contributed by atoms with E-state index in [0.717, 1.165) is 36.8 Å². The number of nitro benzene ring substituents is 1. The van der Waals surface area contributed by atoms with Crippen molar-refractivity contribution in [2.45, 2.75) is 31.6 Å². The maximum Gasteiger partial charge on any atom is 0.328 e. The van der Waals surface area contributed by atoms with E-state index in [1.54, 1.807) is 12.1 Å². The average Bonchev–Trinajstić information content (AvgIpc) is 2.39. The molecule has 1 saturated carbocycles. The van der Waals surface area contributed by atoms with Crippen molar-refractivity contribution in [1.29, 1.82) is 0 Å². The van der Waals surface area contributed by atoms with E-state index < -0.39 is 10.9 Å². The standard InChI is InChI=1S/C14H15NO4/c16-14(17)9-11-4-1-2-7-13(11)10-5-3-6-12(8-10)15(18)19/h3,5-6,8-9,13H,1-2,4,7H2,(H,16,17)/b11-9+. The lowest BCUT2D eigenvalue weighted by molar-refractivity contribution is -0.384. The van der Waals surface area contributed by atoms with Crippen LogP contribution in [-0.4, -0.2) is 16.0 Å². The molecule has 1 aromatic carbocycles. The average molecular weight is 261 g/mol. The second-order valence-electron chi connectivity index (χ2n) is 4.71. The van der Waals surface area contributed by atoms with E-state index in [1.807, 2.05) is 6.07 Å². The highest BCUT2D eigenvalue weighted by Crippen LogP contribution is 2.38. The molecule has 5 nitrogen and oxygen atoms in total. The van der Waals surface area contributed by atoms with Gasteiger partial charge in [-0.05, 0) is 24.8 Å². The molecule has 0 amide bonds. The SMILES string of the molecule is O=C(O)/C=C1\CCCCC1c1cccc([N+](=O)[O-])c1. The summed E-state index contributed by atoms with van der Waals surface area (Å²) in [7, 11) is 0. The molecule has 0 aliphatic heterocycles. The molecule has 1 atom stereocenters. The minimum Gasteiger partial charge on any atom is -0.478 e. The van der Waals surface area contributed by atoms with Crippen LogP contribution >= 0.6 is 0 Å². The Morgan fingerprint density at radius 2 is 2.21 bits per heavy atom. The van der Waals surface area contributed by atoms with E-state index in [-0.39, 0.29) is 11.6 Å². The summed E-state index contributed by atoms with van der Waals surface area (Å²) in [6, 6.07) is 6.48. The Labute approximate surface area is 110 Å². The Hall–Kier alpha value is -2.17. The number of hydrogen-bond donors (Lipinski definition) is 1. The topological polar surface area (TPSA) is 80.4 Å². The summed E-state index contributed by atoms with van der Waals surface area (Å²) >= 11 is 0. The maximum atomic E-state index is 10.8. The predicted octanol–water partition coefficient (Wildman–Crippen LogP) is 3.26. The molecule has 1 fully saturated rings. The van der Waals surface area contributed by atoms with Gasteiger partial charge in [-0.2, -0.15) is 0 Å². The Morgan fingerprint density at radius 1 is 1.42 bits per heavy atom. The second-order valence-corrected chi connectivity index (χ2v) is 4.71. The molecule has 100 valence electrons. The van der Waals surface area contributed by atoms with Gasteiger partial charge in [0.25, 0.3) is 5.69 Å². The highest BCUT2D eigenvalue weighted by Gasteiger charge is 2.22. The molecular weight excluding hydrogens is 246 g/mol. The van der Waals surface area contributed by atoms with Gasteiger partial charge in [0.2, 0.25) is 0 Å². The quantitative estimate of drug-likeness (QED) is 0.514. The summed E-state index contributed by atoms with van der Waals surface area (Å²) in [5.41, 5.74) is 1.75. The van der Waals surface area contributed by atoms with Crippen LogP contribution in [0, 0.1) is 10.1 Å². The fraction of sp³-hybridized carbons (Fsp3) is 0.357. The number of non-ortho nitro benzene ring substituents is 1. The Bertz CT molecular complexity index is 536. The van der Waals surface area contributed by atoms with Crippen molar-refractivity contribution in [1.82, 2.24) is 0 Å². The molecular formula is C14H15NO4. The number of allylic oxidation sites excluding steroid dienone is 1. The molecule has 19 heavy (non-hydrogen) atoms. The van der Waals surface area contributed by atoms with Gasteiger partial charge in [-0.25, -0.2) is 4.79 Å². The summed E-state index contributed by atoms with van der Waals surface area (Å²) in [4.78, 5) is 21.2. The lowest BCUT2D eigenvalue weighted by atomic mass is 9.79. The Kier molecular flexibility index (Phi) is 3.94. The zero-order chi connectivity index (χ0) is 13.8. The van der Waals surface area contributed by atoms with E-state index in [2.05, 4.69) is 0 Å². The minimum absolute atomic E-state index is 0.00949. The first kappa shape index (κ1) is 13.3. The third kappa shape index (κ3) is 3.19. The van der Waals surface area contributed by atoms with Crippen molar-refractivity contribution in [3.8, 4) is 0 Å². The zero-order valence-electron chi connectivity index (χ0n) is 10.4. The molecule has 2 rings (SSSR count). The van der Waals surface area contributed by atoms with Gasteiger partial charge in [-0.3, -0.25) is 10.1 Å². The van der Waals surface area contributed by atoms with Crippen LogP contribution in [0.2, 0.25) is 0 Å². The molecule has 0 aromatic heterocycles. The first-order valence-corrected chi connectivity index (χ1v) is 6.25. The normalized spacial score (nSPS) is 21.3. The summed E-state index contributed by atoms with van der Waals surface area (Å²) in [5.74, 6) is -0.961. The summed E-state index contributed by atoms with van der Waals surface area (Å²) in [6.07, 6.45) is 4.84. The molecule has 1 unspecified atom stereocenters. The fourth-order valence-electron chi connectivity index (χ4n) is 2.60. The molecule has 1 aromatic rings. The van der Waals surface area contributed by atoms with Crippen molar-refractivity contribution in [2.75, 3.05) is 0 Å². The van der Waals surface area contributed by atoms with Crippen LogP contribution in [0.5, 0.6) is 0 Å². The number of carboxylic acid groups (broad SMARTS) is 1. The number of nitro groups is 1. The van der Waals surface area contributed by atoms with Crippen molar-refractivity contribution >= 4 is 11.7 Å². The highest BCUT2D eigenvalue weighted by molar-refractivity contribution is 5.81. The molecule has 0 heterocycles. The largest absolute Gasteiger partial charge is 0.478 e. The number of nitrogens with zero attached hydrogens (tertiary/aromatic N) is 1. The van der Waals surface area contributed by atoms with Crippen molar-refractivity contribution in [2.24, 2.45) is 0 Å². The van der Waals surface area contributed by atoms with Crippen LogP contribution in [-0.2, 0) is 4.79 Å². The van der Waals surface area contributed by atoms with E-state index in [1.165, 1.54) is 12.1 Å². The van der Waals surface area contributed by atoms with Crippen LogP contribution in [0.25, 0.3) is 0 Å². The number of aliphatic carboxylic acids is 1. The predicted molar refractivity (Wildman–Crippen MR) is 70.0 cm³/mol. The highest BCUT2D eigenvalue weighted by atomic mass is 16.6. The monoisotopic (exact) mass is 261 g/mol. The third-order valence-electron chi connectivity index (χ3n) is 3.45. The van der Waals surface area contributed by atoms with Gasteiger partial charge in [0.1, 0.15) is 0 Å². The van der Waals surface area contributed by atoms with Gasteiger partial charge in [-0.15, -0.1) is 0 Å². The van der Waals surface area contributed by atoms with E-state index in [4.69, 9.17) is 5.11 Å². The number of carbonyl (C=O) groups is 1. The number of rotatable bonds is 3. The van der Waals surface area contributed by atoms with Gasteiger partial charge in [-0.1, -0.05) is 24.1 Å². The molecule has 0 bridgehead atoms. The molecule has 1 aliphatic carbocycles. The number of carboxylic acids is 1. The summed E-state index contributed by atoms with van der Waals surface area (Å²) in [5, 5.41) is 19.7. The molecule has 0 spiro atoms. The first-order chi connectivity index (χ1) is 9.08. The molecule has 1 N–H and O–H groups in total. The van der Waals surface area contributed by atoms with Crippen molar-refractivity contribution in [3.05, 3.63) is 51.6 Å². The number of hydrogen-bond acceptors (Lipinski definition) is 3. The zero-order valence-corrected chi connectivity index (χ0v) is 10.4. The minimum atomic E-state index is -0.952. The van der Waals surface area contributed by atoms with E-state index in [0.29, 0.717) is 0 Å². The Balaban J connectivity index is 2.34. The lowest BCUT2D eigenvalue weighted by Crippen LogP contribution is -2.10. The van der Waals surface area contributed by atoms with Crippen LogP contribution in [0.1, 0.15) is 37.2 Å². The van der Waals surface area contributed by atoms with E-state index in [9.17, 15) is 14.9 Å². The van der Waals surface area contributed by atoms with Crippen LogP contribution in [0.15, 0.2) is 35.9 Å². The van der Waals surface area contributed by atoms with Crippen molar-refractivity contribution in [3.63, 3.8) is 0 Å². The maximum absolute atomic E-state index is 10.8. The van der Waals surface area contributed by atoms with Gasteiger partial charge < -0.3 is 5.11 Å². The van der Waals surface area contributed by atoms with E-state index >= 15 is 0 Å².